The van der Waals surface area contributed by atoms with E-state index in [9.17, 15) is 0 Å². The first kappa shape index (κ1) is 13.0. The Kier molecular flexibility index (Phi) is 3.63. The minimum Gasteiger partial charge on any atom is -0.370 e. The third kappa shape index (κ3) is 2.79. The van der Waals surface area contributed by atoms with Crippen molar-refractivity contribution in [2.75, 3.05) is 11.9 Å². The summed E-state index contributed by atoms with van der Waals surface area (Å²) in [6.07, 6.45) is 7.21. The lowest BCUT2D eigenvalue weighted by atomic mass is 10.1. The molecule has 0 aliphatic heterocycles. The first-order valence-corrected chi connectivity index (χ1v) is 7.31. The number of pyridine rings is 1. The molecule has 0 atom stereocenters. The summed E-state index contributed by atoms with van der Waals surface area (Å²) in [4.78, 5) is 13.6. The molecular weight excluding hydrogens is 248 g/mol. The van der Waals surface area contributed by atoms with Crippen LogP contribution in [0.4, 0.5) is 5.82 Å². The summed E-state index contributed by atoms with van der Waals surface area (Å²) in [6, 6.07) is 4.05. The van der Waals surface area contributed by atoms with E-state index in [0.29, 0.717) is 5.92 Å². The highest BCUT2D eigenvalue weighted by Gasteiger charge is 2.27. The molecule has 1 N–H and O–H groups in total. The molecule has 1 aliphatic rings. The van der Waals surface area contributed by atoms with Crippen molar-refractivity contribution in [1.29, 1.82) is 0 Å². The second-order valence-electron chi connectivity index (χ2n) is 5.39. The number of aryl methyl sites for hydroxylation is 1. The monoisotopic (exact) mass is 268 g/mol. The standard InChI is InChI=1S/C16H20N4/c1-3-7-18-15-9-14(13-10-17-8-6-11(13)2)19-16(20-15)12-4-5-12/h6,8-10,12H,3-5,7H2,1-2H3,(H,18,19,20). The number of hydrogen-bond donors (Lipinski definition) is 1. The maximum Gasteiger partial charge on any atom is 0.134 e. The van der Waals surface area contributed by atoms with Gasteiger partial charge in [0.15, 0.2) is 0 Å². The summed E-state index contributed by atoms with van der Waals surface area (Å²) in [5, 5.41) is 3.38. The van der Waals surface area contributed by atoms with E-state index < -0.39 is 0 Å². The first-order chi connectivity index (χ1) is 9.78. The molecule has 4 heteroatoms. The van der Waals surface area contributed by atoms with Gasteiger partial charge in [0.2, 0.25) is 0 Å². The van der Waals surface area contributed by atoms with Crippen molar-refractivity contribution < 1.29 is 0 Å². The summed E-state index contributed by atoms with van der Waals surface area (Å²) < 4.78 is 0. The molecule has 0 spiro atoms. The molecule has 1 fully saturated rings. The van der Waals surface area contributed by atoms with Crippen LogP contribution in [-0.4, -0.2) is 21.5 Å². The maximum atomic E-state index is 4.74. The van der Waals surface area contributed by atoms with E-state index in [2.05, 4.69) is 29.1 Å². The highest BCUT2D eigenvalue weighted by Crippen LogP contribution is 2.39. The number of hydrogen-bond acceptors (Lipinski definition) is 4. The second-order valence-corrected chi connectivity index (χ2v) is 5.39. The second kappa shape index (κ2) is 5.57. The molecule has 2 heterocycles. The Balaban J connectivity index is 2.00. The van der Waals surface area contributed by atoms with Gasteiger partial charge in [0.05, 0.1) is 5.69 Å². The average Bonchev–Trinajstić information content (AvgIpc) is 3.30. The fraction of sp³-hybridized carbons (Fsp3) is 0.438. The van der Waals surface area contributed by atoms with E-state index in [1.54, 1.807) is 0 Å². The van der Waals surface area contributed by atoms with E-state index in [1.165, 1.54) is 18.4 Å². The van der Waals surface area contributed by atoms with Crippen LogP contribution in [-0.2, 0) is 0 Å². The molecule has 0 bridgehead atoms. The van der Waals surface area contributed by atoms with E-state index in [-0.39, 0.29) is 0 Å². The zero-order chi connectivity index (χ0) is 13.9. The summed E-state index contributed by atoms with van der Waals surface area (Å²) >= 11 is 0. The molecule has 0 saturated heterocycles. The zero-order valence-electron chi connectivity index (χ0n) is 12.1. The van der Waals surface area contributed by atoms with Gasteiger partial charge in [0, 0.05) is 36.5 Å². The Morgan fingerprint density at radius 1 is 1.30 bits per heavy atom. The van der Waals surface area contributed by atoms with Crippen LogP contribution in [0.1, 0.15) is 43.5 Å². The highest BCUT2D eigenvalue weighted by molar-refractivity contribution is 5.65. The highest BCUT2D eigenvalue weighted by atomic mass is 15.0. The smallest absolute Gasteiger partial charge is 0.134 e. The van der Waals surface area contributed by atoms with Crippen LogP contribution in [0.2, 0.25) is 0 Å². The van der Waals surface area contributed by atoms with Crippen LogP contribution in [0.25, 0.3) is 11.3 Å². The van der Waals surface area contributed by atoms with Crippen molar-refractivity contribution >= 4 is 5.82 Å². The van der Waals surface area contributed by atoms with Crippen LogP contribution < -0.4 is 5.32 Å². The molecule has 4 nitrogen and oxygen atoms in total. The summed E-state index contributed by atoms with van der Waals surface area (Å²) in [5.74, 6) is 2.46. The molecule has 0 unspecified atom stereocenters. The average molecular weight is 268 g/mol. The molecule has 1 saturated carbocycles. The van der Waals surface area contributed by atoms with Crippen LogP contribution in [0.5, 0.6) is 0 Å². The van der Waals surface area contributed by atoms with Gasteiger partial charge in [-0.1, -0.05) is 6.92 Å². The van der Waals surface area contributed by atoms with Gasteiger partial charge in [0.25, 0.3) is 0 Å². The summed E-state index contributed by atoms with van der Waals surface area (Å²) in [6.45, 7) is 5.18. The van der Waals surface area contributed by atoms with E-state index >= 15 is 0 Å². The quantitative estimate of drug-likeness (QED) is 0.901. The van der Waals surface area contributed by atoms with E-state index in [1.807, 2.05) is 24.5 Å². The van der Waals surface area contributed by atoms with Crippen molar-refractivity contribution in [3.05, 3.63) is 35.9 Å². The molecular formula is C16H20N4. The van der Waals surface area contributed by atoms with Gasteiger partial charge in [-0.25, -0.2) is 9.97 Å². The van der Waals surface area contributed by atoms with Crippen LogP contribution in [0, 0.1) is 6.92 Å². The van der Waals surface area contributed by atoms with Gasteiger partial charge in [-0.15, -0.1) is 0 Å². The molecule has 104 valence electrons. The third-order valence-corrected chi connectivity index (χ3v) is 3.56. The van der Waals surface area contributed by atoms with Crippen molar-refractivity contribution in [2.24, 2.45) is 0 Å². The third-order valence-electron chi connectivity index (χ3n) is 3.56. The SMILES string of the molecule is CCCNc1cc(-c2cnccc2C)nc(C2CC2)n1. The largest absolute Gasteiger partial charge is 0.370 e. The van der Waals surface area contributed by atoms with Gasteiger partial charge >= 0.3 is 0 Å². The van der Waals surface area contributed by atoms with Crippen molar-refractivity contribution in [1.82, 2.24) is 15.0 Å². The molecule has 0 radical (unpaired) electrons. The number of nitrogens with one attached hydrogen (secondary N) is 1. The Bertz CT molecular complexity index is 605. The molecule has 2 aromatic rings. The maximum absolute atomic E-state index is 4.74. The normalized spacial score (nSPS) is 14.3. The molecule has 3 rings (SSSR count). The van der Waals surface area contributed by atoms with Crippen LogP contribution in [0.15, 0.2) is 24.5 Å². The van der Waals surface area contributed by atoms with E-state index in [4.69, 9.17) is 4.98 Å². The van der Waals surface area contributed by atoms with Gasteiger partial charge in [-0.2, -0.15) is 0 Å². The minimum absolute atomic E-state index is 0.550. The minimum atomic E-state index is 0.550. The first-order valence-electron chi connectivity index (χ1n) is 7.31. The lowest BCUT2D eigenvalue weighted by Gasteiger charge is -2.10. The molecule has 0 aromatic carbocycles. The topological polar surface area (TPSA) is 50.7 Å². The predicted octanol–water partition coefficient (Wildman–Crippen LogP) is 3.55. The number of anilines is 1. The number of aromatic nitrogens is 3. The Morgan fingerprint density at radius 2 is 2.15 bits per heavy atom. The Labute approximate surface area is 119 Å². The molecule has 0 amide bonds. The molecule has 2 aromatic heterocycles. The van der Waals surface area contributed by atoms with Gasteiger partial charge in [-0.3, -0.25) is 4.98 Å². The predicted molar refractivity (Wildman–Crippen MR) is 80.8 cm³/mol. The molecule has 20 heavy (non-hydrogen) atoms. The van der Waals surface area contributed by atoms with Crippen molar-refractivity contribution in [3.63, 3.8) is 0 Å². The van der Waals surface area contributed by atoms with Crippen LogP contribution in [0.3, 0.4) is 0 Å². The summed E-state index contributed by atoms with van der Waals surface area (Å²) in [5.41, 5.74) is 3.27. The number of rotatable bonds is 5. The fourth-order valence-corrected chi connectivity index (χ4v) is 2.20. The summed E-state index contributed by atoms with van der Waals surface area (Å²) in [7, 11) is 0. The Morgan fingerprint density at radius 3 is 2.85 bits per heavy atom. The van der Waals surface area contributed by atoms with Gasteiger partial charge in [-0.05, 0) is 37.8 Å². The lowest BCUT2D eigenvalue weighted by molar-refractivity contribution is 0.910. The number of nitrogens with zero attached hydrogens (tertiary/aromatic N) is 3. The van der Waals surface area contributed by atoms with Gasteiger partial charge < -0.3 is 5.32 Å². The van der Waals surface area contributed by atoms with E-state index in [0.717, 1.165) is 35.9 Å². The van der Waals surface area contributed by atoms with Crippen molar-refractivity contribution in [3.8, 4) is 11.3 Å². The molecule has 1 aliphatic carbocycles. The lowest BCUT2D eigenvalue weighted by Crippen LogP contribution is -2.06. The van der Waals surface area contributed by atoms with Crippen LogP contribution >= 0.6 is 0 Å². The fourth-order valence-electron chi connectivity index (χ4n) is 2.20. The van der Waals surface area contributed by atoms with Gasteiger partial charge in [0.1, 0.15) is 11.6 Å². The zero-order valence-corrected chi connectivity index (χ0v) is 12.1. The Hall–Kier alpha value is -1.97. The van der Waals surface area contributed by atoms with Crippen molar-refractivity contribution in [2.45, 2.75) is 39.0 Å².